The summed E-state index contributed by atoms with van der Waals surface area (Å²) in [6.07, 6.45) is 2.33. The van der Waals surface area contributed by atoms with Gasteiger partial charge in [-0.15, -0.1) is 0 Å². The Labute approximate surface area is 158 Å². The maximum atomic E-state index is 13.7. The summed E-state index contributed by atoms with van der Waals surface area (Å²) in [5.74, 6) is -1.69. The van der Waals surface area contributed by atoms with Gasteiger partial charge in [-0.2, -0.15) is 0 Å². The average molecular weight is 381 g/mol. The van der Waals surface area contributed by atoms with Crippen molar-refractivity contribution in [2.24, 2.45) is 11.8 Å². The Hall–Kier alpha value is -2.48. The van der Waals surface area contributed by atoms with Crippen LogP contribution in [0.25, 0.3) is 0 Å². The number of carbonyl (C=O) groups is 3. The van der Waals surface area contributed by atoms with Gasteiger partial charge in [0.2, 0.25) is 6.41 Å². The topological polar surface area (TPSA) is 98.7 Å². The number of urea groups is 1. The molecule has 0 aliphatic heterocycles. The number of rotatable bonds is 11. The number of benzene rings is 1. The highest BCUT2D eigenvalue weighted by Gasteiger charge is 2.31. The molecule has 150 valence electrons. The van der Waals surface area contributed by atoms with Crippen LogP contribution in [-0.2, 0) is 9.59 Å². The zero-order chi connectivity index (χ0) is 20.4. The summed E-state index contributed by atoms with van der Waals surface area (Å²) in [6.45, 7) is 5.39. The van der Waals surface area contributed by atoms with Crippen molar-refractivity contribution in [1.82, 2.24) is 10.4 Å². The molecule has 0 unspecified atom stereocenters. The number of hydrogen-bond acceptors (Lipinski definition) is 4. The lowest BCUT2D eigenvalue weighted by atomic mass is 9.87. The first kappa shape index (κ1) is 22.6. The van der Waals surface area contributed by atoms with Crippen LogP contribution in [0.5, 0.6) is 0 Å². The van der Waals surface area contributed by atoms with Gasteiger partial charge in [0.15, 0.2) is 5.78 Å². The van der Waals surface area contributed by atoms with E-state index < -0.39 is 23.8 Å². The Kier molecular flexibility index (Phi) is 9.42. The van der Waals surface area contributed by atoms with Crippen molar-refractivity contribution in [3.8, 4) is 0 Å². The molecule has 0 aromatic heterocycles. The Morgan fingerprint density at radius 1 is 1.30 bits per heavy atom. The van der Waals surface area contributed by atoms with Gasteiger partial charge in [-0.05, 0) is 24.5 Å². The van der Waals surface area contributed by atoms with E-state index in [-0.39, 0.29) is 30.3 Å². The molecule has 3 amide bonds. The fourth-order valence-electron chi connectivity index (χ4n) is 2.73. The Morgan fingerprint density at radius 2 is 1.96 bits per heavy atom. The Morgan fingerprint density at radius 3 is 2.52 bits per heavy atom. The molecule has 3 N–H and O–H groups in total. The van der Waals surface area contributed by atoms with Crippen molar-refractivity contribution in [2.75, 3.05) is 11.9 Å². The maximum Gasteiger partial charge on any atom is 0.319 e. The van der Waals surface area contributed by atoms with Crippen molar-refractivity contribution >= 4 is 23.9 Å². The molecule has 0 aliphatic rings. The van der Waals surface area contributed by atoms with Crippen LogP contribution in [0.2, 0.25) is 0 Å². The van der Waals surface area contributed by atoms with Crippen LogP contribution < -0.4 is 10.6 Å². The summed E-state index contributed by atoms with van der Waals surface area (Å²) in [4.78, 5) is 35.9. The number of carbonyl (C=O) groups excluding carboxylic acids is 3. The third kappa shape index (κ3) is 7.34. The van der Waals surface area contributed by atoms with Crippen LogP contribution in [0.1, 0.15) is 40.0 Å². The van der Waals surface area contributed by atoms with Crippen LogP contribution in [0, 0.1) is 17.7 Å². The Bertz CT molecular complexity index is 639. The molecule has 27 heavy (non-hydrogen) atoms. The highest BCUT2D eigenvalue weighted by atomic mass is 19.1. The highest BCUT2D eigenvalue weighted by molar-refractivity contribution is 5.95. The van der Waals surface area contributed by atoms with Gasteiger partial charge < -0.3 is 10.6 Å². The van der Waals surface area contributed by atoms with Crippen LogP contribution in [-0.4, -0.2) is 41.1 Å². The highest BCUT2D eigenvalue weighted by Crippen LogP contribution is 2.18. The minimum atomic E-state index is -0.835. The number of unbranched alkanes of at least 4 members (excludes halogenated alkanes) is 1. The smallest absolute Gasteiger partial charge is 0.319 e. The van der Waals surface area contributed by atoms with Gasteiger partial charge in [0, 0.05) is 5.92 Å². The number of nitrogens with one attached hydrogen (secondary N) is 2. The number of para-hydroxylation sites is 1. The standard InChI is InChI=1S/C19H28FN3O4/c1-4-5-8-14(11-23(27)12-24)18(25)17(13(2)3)22-19(26)21-16-10-7-6-9-15(16)20/h6-7,9-10,12-14,17,27H,4-5,8,11H2,1-3H3,(H2,21,22,26)/t14-,17+/m1/s1. The van der Waals surface area contributed by atoms with E-state index >= 15 is 0 Å². The first-order chi connectivity index (χ1) is 12.8. The summed E-state index contributed by atoms with van der Waals surface area (Å²) in [6, 6.07) is 4.19. The van der Waals surface area contributed by atoms with Gasteiger partial charge >= 0.3 is 6.03 Å². The van der Waals surface area contributed by atoms with E-state index in [1.165, 1.54) is 18.2 Å². The molecular formula is C19H28FN3O4. The minimum Gasteiger partial charge on any atom is -0.328 e. The number of anilines is 1. The first-order valence-electron chi connectivity index (χ1n) is 9.06. The van der Waals surface area contributed by atoms with Crippen molar-refractivity contribution in [1.29, 1.82) is 0 Å². The van der Waals surface area contributed by atoms with Gasteiger partial charge in [0.1, 0.15) is 5.82 Å². The predicted octanol–water partition coefficient (Wildman–Crippen LogP) is 3.19. The zero-order valence-corrected chi connectivity index (χ0v) is 15.9. The molecule has 0 saturated carbocycles. The van der Waals surface area contributed by atoms with Gasteiger partial charge in [-0.1, -0.05) is 45.7 Å². The summed E-state index contributed by atoms with van der Waals surface area (Å²) >= 11 is 0. The van der Waals surface area contributed by atoms with E-state index in [1.54, 1.807) is 19.9 Å². The van der Waals surface area contributed by atoms with Crippen LogP contribution >= 0.6 is 0 Å². The summed E-state index contributed by atoms with van der Waals surface area (Å²) in [5.41, 5.74) is 0.00924. The molecule has 8 heteroatoms. The van der Waals surface area contributed by atoms with Crippen molar-refractivity contribution in [3.05, 3.63) is 30.1 Å². The van der Waals surface area contributed by atoms with Crippen LogP contribution in [0.3, 0.4) is 0 Å². The van der Waals surface area contributed by atoms with E-state index in [0.717, 1.165) is 12.8 Å². The molecule has 0 heterocycles. The van der Waals surface area contributed by atoms with E-state index in [1.807, 2.05) is 6.92 Å². The second-order valence-electron chi connectivity index (χ2n) is 6.77. The van der Waals surface area contributed by atoms with Crippen LogP contribution in [0.15, 0.2) is 24.3 Å². The van der Waals surface area contributed by atoms with Crippen LogP contribution in [0.4, 0.5) is 14.9 Å². The number of nitrogens with zero attached hydrogens (tertiary/aromatic N) is 1. The van der Waals surface area contributed by atoms with Gasteiger partial charge in [-0.25, -0.2) is 14.2 Å². The van der Waals surface area contributed by atoms with E-state index in [2.05, 4.69) is 10.6 Å². The number of hydrogen-bond donors (Lipinski definition) is 3. The number of amides is 3. The molecule has 2 atom stereocenters. The van der Waals surface area contributed by atoms with Crippen molar-refractivity contribution in [3.63, 3.8) is 0 Å². The molecule has 7 nitrogen and oxygen atoms in total. The fourth-order valence-corrected chi connectivity index (χ4v) is 2.73. The lowest BCUT2D eigenvalue weighted by molar-refractivity contribution is -0.154. The largest absolute Gasteiger partial charge is 0.328 e. The molecule has 1 aromatic carbocycles. The van der Waals surface area contributed by atoms with E-state index in [9.17, 15) is 24.0 Å². The molecule has 1 rings (SSSR count). The quantitative estimate of drug-likeness (QED) is 0.311. The molecule has 0 spiro atoms. The van der Waals surface area contributed by atoms with Gasteiger partial charge in [0.25, 0.3) is 0 Å². The second-order valence-corrected chi connectivity index (χ2v) is 6.77. The SMILES string of the molecule is CCCC[C@H](CN(O)C=O)C(=O)[C@@H](NC(=O)Nc1ccccc1F)C(C)C. The van der Waals surface area contributed by atoms with E-state index in [4.69, 9.17) is 0 Å². The second kappa shape index (κ2) is 11.3. The maximum absolute atomic E-state index is 13.7. The first-order valence-corrected chi connectivity index (χ1v) is 9.06. The molecule has 0 radical (unpaired) electrons. The monoisotopic (exact) mass is 381 g/mol. The van der Waals surface area contributed by atoms with Gasteiger partial charge in [0.05, 0.1) is 18.3 Å². The van der Waals surface area contributed by atoms with Crippen molar-refractivity contribution < 1.29 is 24.0 Å². The molecule has 1 aromatic rings. The van der Waals surface area contributed by atoms with E-state index in [0.29, 0.717) is 11.5 Å². The van der Waals surface area contributed by atoms with Gasteiger partial charge in [-0.3, -0.25) is 14.8 Å². The lowest BCUT2D eigenvalue weighted by Gasteiger charge is -2.27. The number of halogens is 1. The normalized spacial score (nSPS) is 13.0. The minimum absolute atomic E-state index is 0.00924. The molecular weight excluding hydrogens is 353 g/mol. The predicted molar refractivity (Wildman–Crippen MR) is 99.8 cm³/mol. The number of Topliss-reactive ketones (excluding diaryl/α,β-unsaturated/α-hetero) is 1. The summed E-state index contributed by atoms with van der Waals surface area (Å²) < 4.78 is 13.7. The summed E-state index contributed by atoms with van der Waals surface area (Å²) in [7, 11) is 0. The average Bonchev–Trinajstić information content (AvgIpc) is 2.64. The number of ketones is 1. The molecule has 0 bridgehead atoms. The van der Waals surface area contributed by atoms with Crippen molar-refractivity contribution in [2.45, 2.75) is 46.1 Å². The third-order valence-electron chi connectivity index (χ3n) is 4.22. The number of hydroxylamine groups is 2. The third-order valence-corrected chi connectivity index (χ3v) is 4.22. The zero-order valence-electron chi connectivity index (χ0n) is 15.9. The lowest BCUT2D eigenvalue weighted by Crippen LogP contribution is -2.50. The molecule has 0 aliphatic carbocycles. The fraction of sp³-hybridized carbons (Fsp3) is 0.526. The molecule has 0 fully saturated rings. The Balaban J connectivity index is 2.86. The molecule has 0 saturated heterocycles. The summed E-state index contributed by atoms with van der Waals surface area (Å²) in [5, 5.41) is 14.9.